The molecule has 21 heavy (non-hydrogen) atoms. The summed E-state index contributed by atoms with van der Waals surface area (Å²) in [6.45, 7) is 2.46. The number of benzene rings is 2. The Hall–Kier alpha value is -1.88. The second kappa shape index (κ2) is 6.72. The van der Waals surface area contributed by atoms with E-state index in [0.29, 0.717) is 6.54 Å². The number of halogens is 2. The number of carbonyl (C=O) groups excluding carboxylic acids is 1. The fraction of sp³-hybridized carbons (Fsp3) is 0.188. The summed E-state index contributed by atoms with van der Waals surface area (Å²) in [6, 6.07) is 10.3. The molecule has 110 valence electrons. The Kier molecular flexibility index (Phi) is 4.96. The van der Waals surface area contributed by atoms with Crippen molar-refractivity contribution in [1.29, 1.82) is 0 Å². The van der Waals surface area contributed by atoms with Gasteiger partial charge in [-0.2, -0.15) is 0 Å². The molecule has 0 radical (unpaired) electrons. The molecule has 1 N–H and O–H groups in total. The van der Waals surface area contributed by atoms with E-state index in [-0.39, 0.29) is 5.56 Å². The summed E-state index contributed by atoms with van der Waals surface area (Å²) in [6.07, 6.45) is 0. The van der Waals surface area contributed by atoms with Crippen LogP contribution in [0.25, 0.3) is 0 Å². The van der Waals surface area contributed by atoms with Crippen molar-refractivity contribution >= 4 is 27.6 Å². The molecule has 0 aliphatic carbocycles. The van der Waals surface area contributed by atoms with E-state index in [4.69, 9.17) is 0 Å². The molecule has 2 rings (SSSR count). The topological polar surface area (TPSA) is 38.3 Å². The highest BCUT2D eigenvalue weighted by Gasteiger charge is 2.12. The maximum absolute atomic E-state index is 13.8. The molecule has 0 saturated carbocycles. The zero-order valence-corrected chi connectivity index (χ0v) is 13.3. The number of nitrogens with one attached hydrogen (secondary N) is 1. The predicted molar refractivity (Wildman–Crippen MR) is 83.9 cm³/mol. The van der Waals surface area contributed by atoms with Gasteiger partial charge >= 0.3 is 5.97 Å². The zero-order valence-electron chi connectivity index (χ0n) is 11.7. The van der Waals surface area contributed by atoms with Gasteiger partial charge in [-0.1, -0.05) is 28.1 Å². The van der Waals surface area contributed by atoms with Crippen molar-refractivity contribution in [2.75, 3.05) is 12.4 Å². The third-order valence-corrected chi connectivity index (χ3v) is 4.05. The lowest BCUT2D eigenvalue weighted by Crippen LogP contribution is -2.06. The zero-order chi connectivity index (χ0) is 15.4. The Morgan fingerprint density at radius 3 is 2.76 bits per heavy atom. The van der Waals surface area contributed by atoms with E-state index in [0.717, 1.165) is 21.3 Å². The molecule has 5 heteroatoms. The first-order chi connectivity index (χ1) is 10.0. The Morgan fingerprint density at radius 2 is 2.10 bits per heavy atom. The van der Waals surface area contributed by atoms with Crippen molar-refractivity contribution in [2.45, 2.75) is 13.5 Å². The molecule has 0 aliphatic rings. The van der Waals surface area contributed by atoms with Crippen molar-refractivity contribution in [3.05, 3.63) is 63.4 Å². The number of carbonyl (C=O) groups is 1. The van der Waals surface area contributed by atoms with E-state index >= 15 is 0 Å². The second-order valence-corrected chi connectivity index (χ2v) is 5.43. The van der Waals surface area contributed by atoms with Crippen molar-refractivity contribution < 1.29 is 13.9 Å². The van der Waals surface area contributed by atoms with Crippen molar-refractivity contribution in [1.82, 2.24) is 0 Å². The van der Waals surface area contributed by atoms with Gasteiger partial charge in [-0.25, -0.2) is 9.18 Å². The molecule has 0 aliphatic heterocycles. The molecular weight excluding hydrogens is 337 g/mol. The van der Waals surface area contributed by atoms with Crippen LogP contribution in [0.15, 0.2) is 40.9 Å². The second-order valence-electron chi connectivity index (χ2n) is 4.57. The molecule has 0 atom stereocenters. The first-order valence-electron chi connectivity index (χ1n) is 6.38. The van der Waals surface area contributed by atoms with Gasteiger partial charge in [0.2, 0.25) is 0 Å². The lowest BCUT2D eigenvalue weighted by atomic mass is 10.1. The lowest BCUT2D eigenvalue weighted by molar-refractivity contribution is 0.0595. The van der Waals surface area contributed by atoms with E-state index in [1.54, 1.807) is 6.07 Å². The molecule has 3 nitrogen and oxygen atoms in total. The van der Waals surface area contributed by atoms with E-state index in [1.807, 2.05) is 25.1 Å². The number of methoxy groups -OCH3 is 1. The van der Waals surface area contributed by atoms with Crippen LogP contribution in [-0.4, -0.2) is 13.1 Å². The summed E-state index contributed by atoms with van der Waals surface area (Å²) in [5.74, 6) is -1.25. The maximum atomic E-state index is 13.8. The number of rotatable bonds is 4. The van der Waals surface area contributed by atoms with Crippen LogP contribution in [0.3, 0.4) is 0 Å². The highest BCUT2D eigenvalue weighted by atomic mass is 79.9. The maximum Gasteiger partial charge on any atom is 0.340 e. The van der Waals surface area contributed by atoms with Crippen molar-refractivity contribution in [2.24, 2.45) is 0 Å². The van der Waals surface area contributed by atoms with Crippen LogP contribution in [0.4, 0.5) is 10.1 Å². The molecule has 0 bridgehead atoms. The monoisotopic (exact) mass is 351 g/mol. The fourth-order valence-corrected chi connectivity index (χ4v) is 2.31. The van der Waals surface area contributed by atoms with Crippen LogP contribution in [0, 0.1) is 12.7 Å². The summed E-state index contributed by atoms with van der Waals surface area (Å²) < 4.78 is 19.3. The number of esters is 1. The minimum absolute atomic E-state index is 0.0557. The van der Waals surface area contributed by atoms with Crippen LogP contribution in [-0.2, 0) is 11.3 Å². The van der Waals surface area contributed by atoms with Crippen LogP contribution < -0.4 is 5.32 Å². The molecule has 0 fully saturated rings. The summed E-state index contributed by atoms with van der Waals surface area (Å²) in [7, 11) is 1.23. The first kappa shape index (κ1) is 15.5. The number of hydrogen-bond acceptors (Lipinski definition) is 3. The number of ether oxygens (including phenoxy) is 1. The SMILES string of the molecule is COC(=O)c1ccc(CNc2cccc(Br)c2C)cc1F. The predicted octanol–water partition coefficient (Wildman–Crippen LogP) is 4.30. The van der Waals surface area contributed by atoms with Crippen LogP contribution >= 0.6 is 15.9 Å². The van der Waals surface area contributed by atoms with Gasteiger partial charge in [0.05, 0.1) is 12.7 Å². The third kappa shape index (κ3) is 3.61. The summed E-state index contributed by atoms with van der Waals surface area (Å²) in [4.78, 5) is 11.3. The van der Waals surface area contributed by atoms with Gasteiger partial charge < -0.3 is 10.1 Å². The molecule has 0 spiro atoms. The summed E-state index contributed by atoms with van der Waals surface area (Å²) >= 11 is 3.47. The van der Waals surface area contributed by atoms with Gasteiger partial charge in [0.25, 0.3) is 0 Å². The molecular formula is C16H15BrFNO2. The Labute approximate surface area is 131 Å². The van der Waals surface area contributed by atoms with Gasteiger partial charge in [-0.15, -0.1) is 0 Å². The Morgan fingerprint density at radius 1 is 1.33 bits per heavy atom. The van der Waals surface area contributed by atoms with Gasteiger partial charge in [-0.3, -0.25) is 0 Å². The Bertz CT molecular complexity index is 673. The van der Waals surface area contributed by atoms with Crippen molar-refractivity contribution in [3.63, 3.8) is 0 Å². The molecule has 0 unspecified atom stereocenters. The van der Waals surface area contributed by atoms with Gasteiger partial charge in [-0.05, 0) is 42.3 Å². The first-order valence-corrected chi connectivity index (χ1v) is 7.18. The minimum Gasteiger partial charge on any atom is -0.465 e. The van der Waals surface area contributed by atoms with E-state index in [9.17, 15) is 9.18 Å². The molecule has 0 aromatic heterocycles. The standard InChI is InChI=1S/C16H15BrFNO2/c1-10-13(17)4-3-5-15(10)19-9-11-6-7-12(14(18)8-11)16(20)21-2/h3-8,19H,9H2,1-2H3. The smallest absolute Gasteiger partial charge is 0.340 e. The van der Waals surface area contributed by atoms with Gasteiger partial charge in [0.15, 0.2) is 0 Å². The molecule has 0 saturated heterocycles. The van der Waals surface area contributed by atoms with Crippen molar-refractivity contribution in [3.8, 4) is 0 Å². The third-order valence-electron chi connectivity index (χ3n) is 3.19. The van der Waals surface area contributed by atoms with Gasteiger partial charge in [0, 0.05) is 16.7 Å². The highest BCUT2D eigenvalue weighted by Crippen LogP contribution is 2.24. The summed E-state index contributed by atoms with van der Waals surface area (Å²) in [5.41, 5.74) is 2.75. The number of anilines is 1. The average Bonchev–Trinajstić information content (AvgIpc) is 2.48. The largest absolute Gasteiger partial charge is 0.465 e. The highest BCUT2D eigenvalue weighted by molar-refractivity contribution is 9.10. The van der Waals surface area contributed by atoms with Crippen LogP contribution in [0.1, 0.15) is 21.5 Å². The van der Waals surface area contributed by atoms with E-state index in [1.165, 1.54) is 19.2 Å². The van der Waals surface area contributed by atoms with Gasteiger partial charge in [0.1, 0.15) is 5.82 Å². The molecule has 0 heterocycles. The molecule has 2 aromatic carbocycles. The van der Waals surface area contributed by atoms with Crippen LogP contribution in [0.2, 0.25) is 0 Å². The van der Waals surface area contributed by atoms with Crippen LogP contribution in [0.5, 0.6) is 0 Å². The van der Waals surface area contributed by atoms with E-state index in [2.05, 4.69) is 26.0 Å². The average molecular weight is 352 g/mol. The normalized spacial score (nSPS) is 10.3. The van der Waals surface area contributed by atoms with E-state index < -0.39 is 11.8 Å². The number of hydrogen-bond donors (Lipinski definition) is 1. The quantitative estimate of drug-likeness (QED) is 0.834. The summed E-state index contributed by atoms with van der Waals surface area (Å²) in [5, 5.41) is 3.25. The lowest BCUT2D eigenvalue weighted by Gasteiger charge is -2.11. The minimum atomic E-state index is -0.671. The molecule has 2 aromatic rings. The fourth-order valence-electron chi connectivity index (χ4n) is 1.94. The Balaban J connectivity index is 2.12. The molecule has 0 amide bonds.